The van der Waals surface area contributed by atoms with E-state index in [0.717, 1.165) is 92.9 Å². The van der Waals surface area contributed by atoms with Crippen molar-refractivity contribution in [2.24, 2.45) is 5.73 Å². The molecule has 0 saturated carbocycles. The van der Waals surface area contributed by atoms with Crippen molar-refractivity contribution in [2.75, 3.05) is 230 Å². The standard InChI is InChI=1S/C28H51N6O8P.C19H31N4O3P.C17H28N5O3P.C16H26N5O3P.C16H25N4O3P/c1-43(2,3)19-6-22-24(35)25(36)28(42-22)34-21-33-23-26(31-20-32-27(23)34)30-8-5-10-38-12-14-40-16-18-41-17-15-39-13-11-37-9-4-7-29;1-5-6-9-20-13-7-10-21-18-15(13)22-12-23(18)19-17(25)16(24)14(26-19)8-11-27(2,3)4;1-5-7-18-15-12-16(20-9-19-15)22(10-21-12)17-14(24)13(23)11(25-17)6-8-26(2,3)4;1-5-17-14-11-15(19-8-18-14)21(9-20-11)16-13(23)12(22)10(24-16)6-7-25(2,3)4;1-17-10-5-7-18-15-12(10)19-9-20(15)16-14(22)13(21)11(23-16)6-8-24(2,3)4/h20-22,24-25,28,35-36H,1,4-19,29H2,2-3H3,(H,30,31,32);7,10,12,14,16-17,19,24-25H,2,5-6,8-9,11H2,1,3-4H3,(H,20,21);9-11,13-14,17,23-24H,2,5-8H2,1,3-4H3,(H,18,19,20);8-10,12-13,16,22-23H,2,5-7H2,1,3-4H3,(H,17,18,19);5,7,9,11,13-14,16,21-22H,2,6,8H2,1,3-4H3,(H,17,18)/t22-,24-,25-,28-;14-,16-,17-,19-;11-,13-,14-,17-;10-,12-,13-,16-;11-,13-,14-,16-/m11111/s1. The molecule has 0 unspecified atom stereocenters. The number of nitrogens with zero attached hydrogens (tertiary/aromatic N) is 18. The van der Waals surface area contributed by atoms with E-state index in [4.69, 9.17) is 53.1 Å². The Bertz CT molecular complexity index is 5890. The maximum atomic E-state index is 10.7. The number of pyridine rings is 2. The molecule has 5 fully saturated rings. The number of anilines is 5. The van der Waals surface area contributed by atoms with Gasteiger partial charge in [0.05, 0.1) is 126 Å². The molecule has 145 heavy (non-hydrogen) atoms. The third-order valence-corrected chi connectivity index (χ3v) is 32.2. The Kier molecular flexibility index (Phi) is 45.1. The number of aromatic nitrogens is 18. The number of aliphatic hydroxyl groups excluding tert-OH is 10. The first-order valence-corrected chi connectivity index (χ1v) is 65.2. The van der Waals surface area contributed by atoms with Crippen molar-refractivity contribution >= 4 is 151 Å². The monoisotopic (exact) mass is 2130 g/mol. The Labute approximate surface area is 850 Å². The van der Waals surface area contributed by atoms with Crippen molar-refractivity contribution in [2.45, 2.75) is 208 Å². The molecule has 15 heterocycles. The SMILES string of the molecule is C=P(C)(C)CC[C@H]1O[C@@H](n2cnc3c(NC)ccnc32)[C@H](O)[C@@H]1O.C=P(C)(C)CC[C@H]1O[C@@H](n2cnc3c(NCC)ncnc32)[C@H](O)[C@@H]1O.C=P(C)(C)CC[C@H]1O[C@@H](n2cnc3c(NCCC)ncnc32)[C@H](O)[C@@H]1O.C=P(C)(C)CC[C@H]1O[C@@H](n2cnc3c(NCCCC)ccnc32)[C@H](O)[C@@H]1O.C=P(C)(C)CC[C@H]1O[C@@H](n2cnc3c(NCCCOCCOCCOCCOCCOCCCN)ncnc32)[C@H](O)[C@@H]1O. The molecule has 5 aliphatic heterocycles. The predicted octanol–water partition coefficient (Wildman–Crippen LogP) is 6.68. The molecule has 17 N–H and O–H groups in total. The fourth-order valence-electron chi connectivity index (χ4n) is 16.8. The highest BCUT2D eigenvalue weighted by Gasteiger charge is 2.49. The molecular weight excluding hydrogens is 1960 g/mol. The lowest BCUT2D eigenvalue weighted by molar-refractivity contribution is -0.0353. The molecule has 0 aromatic carbocycles. The quantitative estimate of drug-likeness (QED) is 0.0140. The number of ether oxygens (including phenoxy) is 10. The molecule has 0 radical (unpaired) electrons. The van der Waals surface area contributed by atoms with Crippen molar-refractivity contribution < 1.29 is 98.4 Å². The van der Waals surface area contributed by atoms with E-state index in [1.165, 1.54) is 19.0 Å². The summed E-state index contributed by atoms with van der Waals surface area (Å²) in [6, 6.07) is 3.74. The molecule has 20 atom stereocenters. The molecule has 0 aliphatic carbocycles. The normalized spacial score (nSPS) is 25.0. The second kappa shape index (κ2) is 55.5. The van der Waals surface area contributed by atoms with Gasteiger partial charge in [0.1, 0.15) is 91.1 Å². The Morgan fingerprint density at radius 2 is 0.586 bits per heavy atom. The van der Waals surface area contributed by atoms with Crippen molar-refractivity contribution in [1.29, 1.82) is 0 Å². The lowest BCUT2D eigenvalue weighted by Gasteiger charge is -2.18. The van der Waals surface area contributed by atoms with Gasteiger partial charge in [-0.05, 0) is 181 Å². The first-order chi connectivity index (χ1) is 69.1. The van der Waals surface area contributed by atoms with Crippen LogP contribution in [0.15, 0.2) is 75.1 Å². The van der Waals surface area contributed by atoms with E-state index in [9.17, 15) is 51.1 Å². The number of fused-ring (bicyclic) bond motifs is 5. The van der Waals surface area contributed by atoms with Gasteiger partial charge >= 0.3 is 0 Å². The van der Waals surface area contributed by atoms with E-state index in [-0.39, 0.29) is 0 Å². The molecule has 10 aromatic rings. The highest BCUT2D eigenvalue weighted by Crippen LogP contribution is 2.47. The van der Waals surface area contributed by atoms with Crippen molar-refractivity contribution in [3.63, 3.8) is 0 Å². The van der Waals surface area contributed by atoms with Crippen molar-refractivity contribution in [3.05, 3.63) is 75.1 Å². The van der Waals surface area contributed by atoms with Crippen LogP contribution < -0.4 is 32.3 Å². The topological polar surface area (TPSA) is 573 Å². The summed E-state index contributed by atoms with van der Waals surface area (Å²) in [5, 5.41) is 121. The van der Waals surface area contributed by atoms with Crippen molar-refractivity contribution in [3.8, 4) is 0 Å². The Morgan fingerprint density at radius 3 is 0.876 bits per heavy atom. The van der Waals surface area contributed by atoms with Crippen LogP contribution >= 0.6 is 34.4 Å². The predicted molar refractivity (Wildman–Crippen MR) is 584 cm³/mol. The van der Waals surface area contributed by atoms with E-state index >= 15 is 0 Å². The minimum Gasteiger partial charge on any atom is -0.388 e. The van der Waals surface area contributed by atoms with Gasteiger partial charge in [-0.25, -0.2) is 64.8 Å². The van der Waals surface area contributed by atoms with E-state index in [2.05, 4.69) is 203 Å². The molecule has 0 amide bonds. The Morgan fingerprint density at radius 1 is 0.317 bits per heavy atom. The van der Waals surface area contributed by atoms with Crippen LogP contribution in [0.4, 0.5) is 28.8 Å². The van der Waals surface area contributed by atoms with E-state index < -0.39 is 157 Å². The first kappa shape index (κ1) is 118. The molecule has 5 aliphatic rings. The van der Waals surface area contributed by atoms with Crippen LogP contribution in [0, 0.1) is 0 Å². The molecular formula is C96H161N24O20P5. The lowest BCUT2D eigenvalue weighted by Crippen LogP contribution is -2.31. The first-order valence-electron chi connectivity index (χ1n) is 49.9. The summed E-state index contributed by atoms with van der Waals surface area (Å²) in [7, 11) is 1.82. The number of rotatable bonds is 50. The Hall–Kier alpha value is -7.45. The van der Waals surface area contributed by atoms with Crippen LogP contribution in [0.2, 0.25) is 0 Å². The van der Waals surface area contributed by atoms with Crippen LogP contribution in [0.5, 0.6) is 0 Å². The molecule has 15 rings (SSSR count). The number of nitrogens with two attached hydrogens (primary N) is 1. The highest BCUT2D eigenvalue weighted by atomic mass is 31.2. The average molecular weight is 2130 g/mol. The molecule has 49 heteroatoms. The third kappa shape index (κ3) is 33.3. The number of aliphatic hydroxyl groups is 10. The van der Waals surface area contributed by atoms with Gasteiger partial charge in [-0.1, -0.05) is 20.3 Å². The molecule has 0 spiro atoms. The van der Waals surface area contributed by atoms with E-state index in [1.807, 2.05) is 26.1 Å². The van der Waals surface area contributed by atoms with E-state index in [0.29, 0.717) is 186 Å². The summed E-state index contributed by atoms with van der Waals surface area (Å²) in [4.78, 5) is 56.5. The van der Waals surface area contributed by atoms with Gasteiger partial charge in [0.15, 0.2) is 93.4 Å². The molecule has 5 saturated heterocycles. The zero-order valence-electron chi connectivity index (χ0n) is 86.6. The van der Waals surface area contributed by atoms with Gasteiger partial charge in [0.2, 0.25) is 0 Å². The summed E-state index contributed by atoms with van der Waals surface area (Å²) >= 11 is 0. The van der Waals surface area contributed by atoms with Crippen LogP contribution in [-0.4, -0.2) is 465 Å². The zero-order chi connectivity index (χ0) is 105. The zero-order valence-corrected chi connectivity index (χ0v) is 91.1. The minimum atomic E-state index is -1.27. The highest BCUT2D eigenvalue weighted by molar-refractivity contribution is 7.73. The molecule has 0 bridgehead atoms. The minimum absolute atomic E-state index is 0.407. The smallest absolute Gasteiger partial charge is 0.167 e. The number of unbranched alkanes of at least 4 members (excludes halogenated alkanes) is 1. The number of hydrogen-bond donors (Lipinski definition) is 16. The number of hydrogen-bond acceptors (Lipinski definition) is 39. The molecule has 44 nitrogen and oxygen atoms in total. The summed E-state index contributed by atoms with van der Waals surface area (Å²) in [5.41, 5.74) is 13.3. The van der Waals surface area contributed by atoms with Crippen LogP contribution in [0.25, 0.3) is 55.8 Å². The fourth-order valence-corrected chi connectivity index (χ4v) is 21.6. The van der Waals surface area contributed by atoms with Crippen LogP contribution in [0.1, 0.15) is 116 Å². The van der Waals surface area contributed by atoms with Crippen LogP contribution in [-0.2, 0) is 47.4 Å². The summed E-state index contributed by atoms with van der Waals surface area (Å²) in [6.45, 7) is 30.6. The molecule has 10 aromatic heterocycles. The second-order valence-electron chi connectivity index (χ2n) is 40.4. The van der Waals surface area contributed by atoms with Gasteiger partial charge in [-0.15, -0.1) is 65.9 Å². The number of imidazole rings is 5. The maximum absolute atomic E-state index is 10.7. The summed E-state index contributed by atoms with van der Waals surface area (Å²) < 4.78 is 65.8. The van der Waals surface area contributed by atoms with Gasteiger partial charge in [0, 0.05) is 58.8 Å². The maximum Gasteiger partial charge on any atom is 0.167 e. The lowest BCUT2D eigenvalue weighted by atomic mass is 10.1. The van der Waals surface area contributed by atoms with Crippen molar-refractivity contribution in [1.82, 2.24) is 87.6 Å². The second-order valence-corrected chi connectivity index (χ2v) is 62.0. The van der Waals surface area contributed by atoms with Gasteiger partial charge < -0.3 is 131 Å². The molecule has 810 valence electrons. The van der Waals surface area contributed by atoms with Gasteiger partial charge in [-0.2, -0.15) is 0 Å². The van der Waals surface area contributed by atoms with Gasteiger partial charge in [-0.3, -0.25) is 22.8 Å². The van der Waals surface area contributed by atoms with E-state index in [1.54, 1.807) is 66.9 Å². The summed E-state index contributed by atoms with van der Waals surface area (Å²) in [5.74, 6) is 1.88. The summed E-state index contributed by atoms with van der Waals surface area (Å²) in [6.07, 6.45) is 33.6. The van der Waals surface area contributed by atoms with Gasteiger partial charge in [0.25, 0.3) is 0 Å². The van der Waals surface area contributed by atoms with Crippen LogP contribution in [0.3, 0.4) is 0 Å². The largest absolute Gasteiger partial charge is 0.388 e. The number of nitrogens with one attached hydrogen (secondary N) is 5. The fraction of sp³-hybridized carbons (Fsp3) is 0.667. The third-order valence-electron chi connectivity index (χ3n) is 24.9. The average Bonchev–Trinajstić information content (AvgIpc) is 1.64. The Balaban J connectivity index is 0.000000176.